The molecule has 0 aliphatic heterocycles. The minimum absolute atomic E-state index is 0.0446. The molecule has 0 fully saturated rings. The summed E-state index contributed by atoms with van der Waals surface area (Å²) in [5.41, 5.74) is 2.77. The lowest BCUT2D eigenvalue weighted by Gasteiger charge is -2.21. The molecule has 35 heavy (non-hydrogen) atoms. The first-order valence-electron chi connectivity index (χ1n) is 11.8. The van der Waals surface area contributed by atoms with Gasteiger partial charge in [0.25, 0.3) is 0 Å². The number of amides is 1. The molecule has 3 rings (SSSR count). The van der Waals surface area contributed by atoms with Crippen molar-refractivity contribution in [3.05, 3.63) is 108 Å². The molecule has 182 valence electrons. The third kappa shape index (κ3) is 9.08. The van der Waals surface area contributed by atoms with Crippen LogP contribution in [-0.4, -0.2) is 29.5 Å². The number of hydrogen-bond donors (Lipinski definition) is 2. The van der Waals surface area contributed by atoms with Crippen molar-refractivity contribution >= 4 is 17.8 Å². The number of nitrogens with one attached hydrogen (secondary N) is 1. The number of benzene rings is 3. The van der Waals surface area contributed by atoms with Gasteiger partial charge in [0.1, 0.15) is 6.61 Å². The molecule has 0 saturated carbocycles. The van der Waals surface area contributed by atoms with E-state index in [9.17, 15) is 19.5 Å². The van der Waals surface area contributed by atoms with Gasteiger partial charge in [-0.1, -0.05) is 91.0 Å². The van der Waals surface area contributed by atoms with Crippen molar-refractivity contribution in [3.63, 3.8) is 0 Å². The summed E-state index contributed by atoms with van der Waals surface area (Å²) >= 11 is 0. The molecule has 0 radical (unpaired) electrons. The van der Waals surface area contributed by atoms with Gasteiger partial charge in [-0.05, 0) is 36.0 Å². The van der Waals surface area contributed by atoms with Crippen LogP contribution in [0.15, 0.2) is 91.0 Å². The smallest absolute Gasteiger partial charge is 0.307 e. The molecule has 2 N–H and O–H groups in total. The third-order valence-corrected chi connectivity index (χ3v) is 5.81. The summed E-state index contributed by atoms with van der Waals surface area (Å²) in [5.74, 6) is -2.83. The largest absolute Gasteiger partial charge is 0.481 e. The lowest BCUT2D eigenvalue weighted by molar-refractivity contribution is -0.145. The number of aliphatic carboxylic acids is 1. The summed E-state index contributed by atoms with van der Waals surface area (Å²) in [6.45, 7) is 0.318. The first kappa shape index (κ1) is 25.7. The highest BCUT2D eigenvalue weighted by atomic mass is 16.5. The summed E-state index contributed by atoms with van der Waals surface area (Å²) in [5, 5.41) is 12.6. The van der Waals surface area contributed by atoms with Crippen LogP contribution in [0.1, 0.15) is 29.5 Å². The summed E-state index contributed by atoms with van der Waals surface area (Å²) in [6.07, 6.45) is 1.01. The summed E-state index contributed by atoms with van der Waals surface area (Å²) < 4.78 is 5.26. The van der Waals surface area contributed by atoms with Gasteiger partial charge in [-0.3, -0.25) is 14.4 Å². The number of ether oxygens (including phenoxy) is 1. The first-order chi connectivity index (χ1) is 17.0. The number of esters is 1. The highest BCUT2D eigenvalue weighted by Crippen LogP contribution is 2.22. The topological polar surface area (TPSA) is 92.7 Å². The fourth-order valence-electron chi connectivity index (χ4n) is 3.94. The van der Waals surface area contributed by atoms with E-state index in [4.69, 9.17) is 4.74 Å². The summed E-state index contributed by atoms with van der Waals surface area (Å²) in [6, 6.07) is 28.3. The molecule has 6 heteroatoms. The monoisotopic (exact) mass is 473 g/mol. The van der Waals surface area contributed by atoms with Crippen molar-refractivity contribution in [2.24, 2.45) is 11.8 Å². The highest BCUT2D eigenvalue weighted by molar-refractivity contribution is 5.81. The molecular weight excluding hydrogens is 442 g/mol. The van der Waals surface area contributed by atoms with E-state index < -0.39 is 23.8 Å². The fraction of sp³-hybridized carbons (Fsp3) is 0.276. The lowest BCUT2D eigenvalue weighted by atomic mass is 9.85. The van der Waals surface area contributed by atoms with E-state index in [0.717, 1.165) is 16.7 Å². The molecule has 0 bridgehead atoms. The van der Waals surface area contributed by atoms with Crippen molar-refractivity contribution in [1.82, 2.24) is 5.32 Å². The molecule has 0 saturated heterocycles. The maximum Gasteiger partial charge on any atom is 0.307 e. The molecule has 0 aliphatic carbocycles. The Morgan fingerprint density at radius 2 is 1.20 bits per heavy atom. The quantitative estimate of drug-likeness (QED) is 0.358. The first-order valence-corrected chi connectivity index (χ1v) is 11.8. The number of rotatable bonds is 13. The fourth-order valence-corrected chi connectivity index (χ4v) is 3.94. The molecule has 0 aromatic heterocycles. The van der Waals surface area contributed by atoms with Gasteiger partial charge in [-0.25, -0.2) is 0 Å². The molecule has 3 aromatic rings. The van der Waals surface area contributed by atoms with Crippen LogP contribution in [0.2, 0.25) is 0 Å². The molecule has 0 spiro atoms. The Labute approximate surface area is 206 Å². The van der Waals surface area contributed by atoms with E-state index in [0.29, 0.717) is 12.8 Å². The number of carboxylic acids is 1. The highest BCUT2D eigenvalue weighted by Gasteiger charge is 2.28. The Morgan fingerprint density at radius 1 is 0.714 bits per heavy atom. The second-order valence-electron chi connectivity index (χ2n) is 8.53. The number of carbonyl (C=O) groups excluding carboxylic acids is 2. The normalized spacial score (nSPS) is 12.3. The van der Waals surface area contributed by atoms with Crippen molar-refractivity contribution in [2.75, 3.05) is 6.54 Å². The minimum atomic E-state index is -0.927. The molecule has 2 atom stereocenters. The van der Waals surface area contributed by atoms with Crippen molar-refractivity contribution in [1.29, 1.82) is 0 Å². The van der Waals surface area contributed by atoms with Gasteiger partial charge in [-0.15, -0.1) is 0 Å². The molecule has 0 aliphatic rings. The zero-order valence-corrected chi connectivity index (χ0v) is 19.6. The van der Waals surface area contributed by atoms with Crippen LogP contribution >= 0.6 is 0 Å². The molecule has 1 amide bonds. The zero-order chi connectivity index (χ0) is 24.9. The Morgan fingerprint density at radius 3 is 1.71 bits per heavy atom. The molecule has 0 heterocycles. The average Bonchev–Trinajstić information content (AvgIpc) is 2.88. The molecule has 0 unspecified atom stereocenters. The molecule has 3 aromatic carbocycles. The predicted molar refractivity (Wildman–Crippen MR) is 133 cm³/mol. The van der Waals surface area contributed by atoms with Gasteiger partial charge in [0, 0.05) is 12.5 Å². The summed E-state index contributed by atoms with van der Waals surface area (Å²) in [4.78, 5) is 37.2. The molecular formula is C29H31NO5. The number of carboxylic acid groups (broad SMARTS) is 1. The SMILES string of the molecule is O=C(CCNC(=O)[C@H](Cc1ccccc1)C[C@@H](Cc1ccccc1)C(=O)O)OCc1ccccc1. The van der Waals surface area contributed by atoms with Crippen LogP contribution in [0.5, 0.6) is 0 Å². The van der Waals surface area contributed by atoms with Crippen molar-refractivity contribution in [3.8, 4) is 0 Å². The van der Waals surface area contributed by atoms with Gasteiger partial charge in [0.15, 0.2) is 0 Å². The number of hydrogen-bond acceptors (Lipinski definition) is 4. The minimum Gasteiger partial charge on any atom is -0.481 e. The van der Waals surface area contributed by atoms with Crippen LogP contribution in [0.3, 0.4) is 0 Å². The van der Waals surface area contributed by atoms with Crippen LogP contribution in [0.4, 0.5) is 0 Å². The van der Waals surface area contributed by atoms with E-state index in [1.54, 1.807) is 0 Å². The van der Waals surface area contributed by atoms with E-state index >= 15 is 0 Å². The molecule has 6 nitrogen and oxygen atoms in total. The summed E-state index contributed by atoms with van der Waals surface area (Å²) in [7, 11) is 0. The standard InChI is InChI=1S/C29H31NO5/c31-27(35-21-24-14-8-3-9-15-24)16-17-30-28(32)25(18-22-10-4-1-5-11-22)20-26(29(33)34)19-23-12-6-2-7-13-23/h1-15,25-26H,16-21H2,(H,30,32)(H,33,34)/t25-,26-/m1/s1. The van der Waals surface area contributed by atoms with Crippen molar-refractivity contribution in [2.45, 2.75) is 32.3 Å². The Kier molecular flexibility index (Phi) is 10.1. The maximum atomic E-state index is 13.1. The number of carbonyl (C=O) groups is 3. The van der Waals surface area contributed by atoms with Crippen LogP contribution in [-0.2, 0) is 38.6 Å². The zero-order valence-electron chi connectivity index (χ0n) is 19.6. The predicted octanol–water partition coefficient (Wildman–Crippen LogP) is 4.43. The van der Waals surface area contributed by atoms with Gasteiger partial charge in [0.05, 0.1) is 12.3 Å². The van der Waals surface area contributed by atoms with Crippen LogP contribution in [0.25, 0.3) is 0 Å². The average molecular weight is 474 g/mol. The van der Waals surface area contributed by atoms with E-state index in [1.165, 1.54) is 0 Å². The van der Waals surface area contributed by atoms with E-state index in [-0.39, 0.29) is 31.9 Å². The Hall–Kier alpha value is -3.93. The maximum absolute atomic E-state index is 13.1. The second-order valence-corrected chi connectivity index (χ2v) is 8.53. The third-order valence-electron chi connectivity index (χ3n) is 5.81. The van der Waals surface area contributed by atoms with Gasteiger partial charge >= 0.3 is 11.9 Å². The van der Waals surface area contributed by atoms with Crippen LogP contribution < -0.4 is 5.32 Å². The van der Waals surface area contributed by atoms with Gasteiger partial charge < -0.3 is 15.2 Å². The van der Waals surface area contributed by atoms with Gasteiger partial charge in [-0.2, -0.15) is 0 Å². The van der Waals surface area contributed by atoms with Crippen LogP contribution in [0, 0.1) is 11.8 Å². The Bertz CT molecular complexity index is 1070. The van der Waals surface area contributed by atoms with E-state index in [1.807, 2.05) is 91.0 Å². The van der Waals surface area contributed by atoms with E-state index in [2.05, 4.69) is 5.32 Å². The lowest BCUT2D eigenvalue weighted by Crippen LogP contribution is -2.36. The van der Waals surface area contributed by atoms with Crippen molar-refractivity contribution < 1.29 is 24.2 Å². The van der Waals surface area contributed by atoms with Gasteiger partial charge in [0.2, 0.25) is 5.91 Å². The Balaban J connectivity index is 1.58. The second kappa shape index (κ2) is 13.7.